The molecule has 2 aliphatic carbocycles. The van der Waals surface area contributed by atoms with Gasteiger partial charge < -0.3 is 39.8 Å². The van der Waals surface area contributed by atoms with E-state index in [-0.39, 0.29) is 5.75 Å². The van der Waals surface area contributed by atoms with Crippen LogP contribution >= 0.6 is 0 Å². The van der Waals surface area contributed by atoms with Crippen LogP contribution in [0.2, 0.25) is 0 Å². The van der Waals surface area contributed by atoms with Crippen molar-refractivity contribution in [2.24, 2.45) is 11.8 Å². The van der Waals surface area contributed by atoms with Gasteiger partial charge in [0.05, 0.1) is 70.3 Å². The fourth-order valence-electron chi connectivity index (χ4n) is 5.21. The van der Waals surface area contributed by atoms with Gasteiger partial charge in [-0.3, -0.25) is 9.48 Å². The number of halogens is 3. The maximum atomic E-state index is 12.3. The molecule has 3 aromatic rings. The summed E-state index contributed by atoms with van der Waals surface area (Å²) in [6.45, 7) is 3.66. The van der Waals surface area contributed by atoms with Gasteiger partial charge >= 0.3 is 6.36 Å². The molecule has 4 unspecified atom stereocenters. The van der Waals surface area contributed by atoms with Crippen molar-refractivity contribution in [2.45, 2.75) is 44.4 Å². The molecule has 4 N–H and O–H groups in total. The third-order valence-corrected chi connectivity index (χ3v) is 7.47. The van der Waals surface area contributed by atoms with E-state index in [0.29, 0.717) is 88.2 Å². The van der Waals surface area contributed by atoms with Crippen molar-refractivity contribution >= 4 is 17.9 Å². The number of aliphatic hydroxyl groups excluding tert-OH is 2. The second-order valence-corrected chi connectivity index (χ2v) is 10.7. The summed E-state index contributed by atoms with van der Waals surface area (Å²) in [5.74, 6) is 1.00. The summed E-state index contributed by atoms with van der Waals surface area (Å²) in [7, 11) is 0. The number of rotatable bonds is 17. The van der Waals surface area contributed by atoms with Gasteiger partial charge in [-0.25, -0.2) is 9.97 Å². The zero-order chi connectivity index (χ0) is 32.8. The van der Waals surface area contributed by atoms with Crippen molar-refractivity contribution in [1.29, 1.82) is 0 Å². The Bertz CT molecular complexity index is 1310. The number of alkyl halides is 3. The minimum Gasteiger partial charge on any atom is -0.406 e. The molecule has 5 rings (SSSR count). The molecular weight excluding hydrogens is 613 g/mol. The van der Waals surface area contributed by atoms with Crippen LogP contribution in [0.25, 0.3) is 11.3 Å². The van der Waals surface area contributed by atoms with Crippen LogP contribution in [0.15, 0.2) is 49.1 Å². The number of aromatic nitrogens is 4. The van der Waals surface area contributed by atoms with Gasteiger partial charge in [-0.1, -0.05) is 0 Å². The van der Waals surface area contributed by atoms with Gasteiger partial charge in [-0.15, -0.1) is 13.2 Å². The summed E-state index contributed by atoms with van der Waals surface area (Å²) in [5.41, 5.74) is 1.93. The van der Waals surface area contributed by atoms with Gasteiger partial charge in [0.25, 0.3) is 0 Å². The molecule has 2 fully saturated rings. The molecule has 0 spiro atoms. The Kier molecular flexibility index (Phi) is 13.5. The SMILES string of the molecule is O=CNCCOCCOCCOCCn1cc(-c2cc(Nc3ccc(OC(F)(F)F)cc3)ncn2)cn1.OC1C2CCC(C2)C1O. The minimum atomic E-state index is -4.74. The van der Waals surface area contributed by atoms with Crippen LogP contribution in [0.5, 0.6) is 5.75 Å². The number of fused-ring (bicyclic) bond motifs is 2. The molecule has 252 valence electrons. The van der Waals surface area contributed by atoms with Crippen molar-refractivity contribution in [1.82, 2.24) is 25.1 Å². The molecule has 4 atom stereocenters. The summed E-state index contributed by atoms with van der Waals surface area (Å²) in [4.78, 5) is 18.5. The lowest BCUT2D eigenvalue weighted by molar-refractivity contribution is -0.274. The highest BCUT2D eigenvalue weighted by Gasteiger charge is 2.45. The number of amides is 1. The topological polar surface area (TPSA) is 162 Å². The Hall–Kier alpha value is -3.83. The average molecular weight is 653 g/mol. The highest BCUT2D eigenvalue weighted by Crippen LogP contribution is 2.44. The molecule has 2 saturated carbocycles. The second-order valence-electron chi connectivity index (χ2n) is 10.7. The monoisotopic (exact) mass is 652 g/mol. The van der Waals surface area contributed by atoms with Crippen molar-refractivity contribution in [2.75, 3.05) is 51.5 Å². The Labute approximate surface area is 264 Å². The van der Waals surface area contributed by atoms with Crippen molar-refractivity contribution in [3.8, 4) is 17.0 Å². The van der Waals surface area contributed by atoms with Crippen LogP contribution < -0.4 is 15.4 Å². The van der Waals surface area contributed by atoms with Crippen molar-refractivity contribution in [3.05, 3.63) is 49.1 Å². The number of ether oxygens (including phenoxy) is 4. The lowest BCUT2D eigenvalue weighted by Crippen LogP contribution is -2.31. The summed E-state index contributed by atoms with van der Waals surface area (Å²) in [6, 6.07) is 7.04. The molecule has 1 aromatic carbocycles. The van der Waals surface area contributed by atoms with Crippen LogP contribution in [0.4, 0.5) is 24.7 Å². The molecule has 13 nitrogen and oxygen atoms in total. The molecule has 46 heavy (non-hydrogen) atoms. The van der Waals surface area contributed by atoms with Gasteiger partial charge in [0, 0.05) is 30.1 Å². The molecule has 0 radical (unpaired) electrons. The Morgan fingerprint density at radius 3 is 2.20 bits per heavy atom. The number of anilines is 2. The maximum Gasteiger partial charge on any atom is 0.573 e. The van der Waals surface area contributed by atoms with Crippen LogP contribution in [-0.4, -0.2) is 101 Å². The first-order valence-electron chi connectivity index (χ1n) is 15.0. The van der Waals surface area contributed by atoms with E-state index in [1.165, 1.54) is 30.6 Å². The predicted molar refractivity (Wildman–Crippen MR) is 159 cm³/mol. The van der Waals surface area contributed by atoms with E-state index in [9.17, 15) is 28.2 Å². The molecule has 0 aliphatic heterocycles. The van der Waals surface area contributed by atoms with E-state index in [0.717, 1.165) is 24.8 Å². The Balaban J connectivity index is 0.000000451. The van der Waals surface area contributed by atoms with Crippen molar-refractivity contribution in [3.63, 3.8) is 0 Å². The lowest BCUT2D eigenvalue weighted by atomic mass is 9.95. The molecular formula is C30H39F3N6O7. The molecule has 2 bridgehead atoms. The zero-order valence-corrected chi connectivity index (χ0v) is 25.1. The number of nitrogens with one attached hydrogen (secondary N) is 2. The van der Waals surface area contributed by atoms with E-state index < -0.39 is 18.6 Å². The van der Waals surface area contributed by atoms with E-state index >= 15 is 0 Å². The Morgan fingerprint density at radius 2 is 1.59 bits per heavy atom. The summed E-state index contributed by atoms with van der Waals surface area (Å²) in [5, 5.41) is 28.3. The van der Waals surface area contributed by atoms with E-state index in [1.807, 2.05) is 6.20 Å². The predicted octanol–water partition coefficient (Wildman–Crippen LogP) is 2.92. The average Bonchev–Trinajstić information content (AvgIpc) is 3.77. The van der Waals surface area contributed by atoms with Crippen LogP contribution in [0.1, 0.15) is 19.3 Å². The molecule has 0 saturated heterocycles. The van der Waals surface area contributed by atoms with Gasteiger partial charge in [-0.2, -0.15) is 5.10 Å². The van der Waals surface area contributed by atoms with Crippen molar-refractivity contribution < 1.29 is 47.1 Å². The highest BCUT2D eigenvalue weighted by molar-refractivity contribution is 5.64. The number of nitrogens with zero attached hydrogens (tertiary/aromatic N) is 4. The smallest absolute Gasteiger partial charge is 0.406 e. The number of carbonyl (C=O) groups excluding carboxylic acids is 1. The molecule has 2 aliphatic rings. The Morgan fingerprint density at radius 1 is 0.935 bits per heavy atom. The molecule has 2 aromatic heterocycles. The summed E-state index contributed by atoms with van der Waals surface area (Å²) in [6.07, 6.45) is 3.28. The van der Waals surface area contributed by atoms with Gasteiger partial charge in [0.15, 0.2) is 0 Å². The largest absolute Gasteiger partial charge is 0.573 e. The summed E-state index contributed by atoms with van der Waals surface area (Å²) < 4.78 is 58.7. The first-order chi connectivity index (χ1) is 22.2. The third kappa shape index (κ3) is 11.5. The van der Waals surface area contributed by atoms with E-state index in [4.69, 9.17) is 14.2 Å². The van der Waals surface area contributed by atoms with Crippen LogP contribution in [0.3, 0.4) is 0 Å². The molecule has 2 heterocycles. The maximum absolute atomic E-state index is 12.3. The van der Waals surface area contributed by atoms with Crippen LogP contribution in [-0.2, 0) is 25.5 Å². The second kappa shape index (κ2) is 17.8. The fourth-order valence-corrected chi connectivity index (χ4v) is 5.21. The molecule has 16 heteroatoms. The first-order valence-corrected chi connectivity index (χ1v) is 15.0. The summed E-state index contributed by atoms with van der Waals surface area (Å²) >= 11 is 0. The molecule has 1 amide bonds. The van der Waals surface area contributed by atoms with Crippen LogP contribution in [0, 0.1) is 11.8 Å². The van der Waals surface area contributed by atoms with Gasteiger partial charge in [-0.05, 0) is 55.4 Å². The normalized spacial score (nSPS) is 20.2. The first kappa shape index (κ1) is 35.0. The fraction of sp³-hybridized carbons (Fsp3) is 0.533. The number of aliphatic hydroxyl groups is 2. The van der Waals surface area contributed by atoms with E-state index in [1.54, 1.807) is 16.9 Å². The lowest BCUT2D eigenvalue weighted by Gasteiger charge is -2.21. The third-order valence-electron chi connectivity index (χ3n) is 7.47. The van der Waals surface area contributed by atoms with E-state index in [2.05, 4.69) is 30.4 Å². The quantitative estimate of drug-likeness (QED) is 0.125. The van der Waals surface area contributed by atoms with Gasteiger partial charge in [0.1, 0.15) is 17.9 Å². The number of benzene rings is 1. The zero-order valence-electron chi connectivity index (χ0n) is 25.1. The minimum absolute atomic E-state index is 0.309. The number of hydrogen-bond donors (Lipinski definition) is 4. The number of carbonyl (C=O) groups is 1. The standard InChI is InChI=1S/C23H27F3N6O5.C7H12O2/c24-23(25,26)37-20-3-1-19(2-4-20)31-22-13-21(28-16-29-22)18-14-30-32(15-18)6-8-35-10-12-36-11-9-34-7-5-27-17-33;8-6-4-1-2-5(3-4)7(6)9/h1-4,13-17H,5-12H2,(H,27,33)(H,28,29,31);4-9H,1-3H2. The highest BCUT2D eigenvalue weighted by atomic mass is 19.4. The van der Waals surface area contributed by atoms with Gasteiger partial charge in [0.2, 0.25) is 6.41 Å². The number of hydrogen-bond acceptors (Lipinski definition) is 11.